The van der Waals surface area contributed by atoms with E-state index in [1.165, 1.54) is 5.56 Å². The molecule has 3 atom stereocenters. The Labute approximate surface area is 153 Å². The Balaban J connectivity index is 0.000000298. The summed E-state index contributed by atoms with van der Waals surface area (Å²) in [6.07, 6.45) is -3.19. The predicted molar refractivity (Wildman–Crippen MR) is 88.8 cm³/mol. The highest BCUT2D eigenvalue weighted by Crippen LogP contribution is 2.34. The zero-order chi connectivity index (χ0) is 19.5. The standard InChI is InChI=1S/C14H20N2O2S.C2HF3O2/c1-15(2)14(17)13-7-11-12(18-13)3-5-16(11)8-10-4-6-19-9-10;3-2(4,5)1(6)7/h4,6,9,11-13H,3,5,7-8H2,1-2H3;(H,6,7)/t11-,12-,13+;/m1./s1. The van der Waals surface area contributed by atoms with Gasteiger partial charge in [-0.05, 0) is 28.8 Å². The number of carboxylic acids is 1. The van der Waals surface area contributed by atoms with Crippen molar-refractivity contribution >= 4 is 23.2 Å². The zero-order valence-corrected chi connectivity index (χ0v) is 15.2. The Morgan fingerprint density at radius 1 is 1.42 bits per heavy atom. The highest BCUT2D eigenvalue weighted by atomic mass is 32.1. The van der Waals surface area contributed by atoms with Crippen LogP contribution in [0.1, 0.15) is 18.4 Å². The molecule has 0 radical (unpaired) electrons. The SMILES string of the molecule is CN(C)C(=O)[C@@H]1C[C@@H]2[C@@H](CCN2Cc2ccsc2)O1.O=C(O)C(F)(F)F. The molecule has 0 saturated carbocycles. The van der Waals surface area contributed by atoms with Gasteiger partial charge in [0.15, 0.2) is 0 Å². The molecule has 0 unspecified atom stereocenters. The van der Waals surface area contributed by atoms with Crippen molar-refractivity contribution in [3.05, 3.63) is 22.4 Å². The lowest BCUT2D eigenvalue weighted by Crippen LogP contribution is -2.35. The van der Waals surface area contributed by atoms with Crippen LogP contribution in [0.4, 0.5) is 13.2 Å². The molecule has 2 aliphatic heterocycles. The van der Waals surface area contributed by atoms with Crippen molar-refractivity contribution in [3.63, 3.8) is 0 Å². The number of carbonyl (C=O) groups excluding carboxylic acids is 1. The van der Waals surface area contributed by atoms with Gasteiger partial charge in [0.2, 0.25) is 0 Å². The van der Waals surface area contributed by atoms with Crippen molar-refractivity contribution in [1.29, 1.82) is 0 Å². The molecule has 1 aromatic heterocycles. The number of rotatable bonds is 3. The number of halogens is 3. The largest absolute Gasteiger partial charge is 0.490 e. The molecule has 2 aliphatic rings. The van der Waals surface area contributed by atoms with Crippen molar-refractivity contribution in [1.82, 2.24) is 9.80 Å². The fourth-order valence-corrected chi connectivity index (χ4v) is 3.75. The van der Waals surface area contributed by atoms with E-state index in [2.05, 4.69) is 21.7 Å². The van der Waals surface area contributed by atoms with Crippen LogP contribution < -0.4 is 0 Å². The van der Waals surface area contributed by atoms with Gasteiger partial charge in [-0.25, -0.2) is 4.79 Å². The van der Waals surface area contributed by atoms with E-state index < -0.39 is 12.1 Å². The van der Waals surface area contributed by atoms with Crippen molar-refractivity contribution < 1.29 is 32.6 Å². The quantitative estimate of drug-likeness (QED) is 0.851. The first-order valence-corrected chi connectivity index (χ1v) is 8.95. The van der Waals surface area contributed by atoms with Gasteiger partial charge in [0.1, 0.15) is 6.10 Å². The summed E-state index contributed by atoms with van der Waals surface area (Å²) in [7, 11) is 3.59. The second-order valence-corrected chi connectivity index (χ2v) is 7.17. The summed E-state index contributed by atoms with van der Waals surface area (Å²) in [5.41, 5.74) is 1.37. The zero-order valence-electron chi connectivity index (χ0n) is 14.4. The number of likely N-dealkylation sites (N-methyl/N-ethyl adjacent to an activating group) is 1. The maximum Gasteiger partial charge on any atom is 0.490 e. The molecule has 1 amide bonds. The number of thiophene rings is 1. The van der Waals surface area contributed by atoms with Crippen molar-refractivity contribution in [2.24, 2.45) is 0 Å². The number of nitrogens with zero attached hydrogens (tertiary/aromatic N) is 2. The van der Waals surface area contributed by atoms with Gasteiger partial charge in [-0.3, -0.25) is 9.69 Å². The third kappa shape index (κ3) is 5.18. The predicted octanol–water partition coefficient (Wildman–Crippen LogP) is 2.20. The van der Waals surface area contributed by atoms with E-state index in [4.69, 9.17) is 14.6 Å². The minimum Gasteiger partial charge on any atom is -0.475 e. The molecule has 0 aromatic carbocycles. The van der Waals surface area contributed by atoms with Gasteiger partial charge in [-0.2, -0.15) is 24.5 Å². The van der Waals surface area contributed by atoms with E-state index in [-0.39, 0.29) is 18.1 Å². The van der Waals surface area contributed by atoms with Gasteiger partial charge in [-0.1, -0.05) is 0 Å². The fourth-order valence-electron chi connectivity index (χ4n) is 3.09. The monoisotopic (exact) mass is 394 g/mol. The molecule has 6 nitrogen and oxygen atoms in total. The molecule has 1 N–H and O–H groups in total. The summed E-state index contributed by atoms with van der Waals surface area (Å²) >= 11 is 1.74. The second-order valence-electron chi connectivity index (χ2n) is 6.39. The summed E-state index contributed by atoms with van der Waals surface area (Å²) in [6, 6.07) is 2.59. The van der Waals surface area contributed by atoms with Gasteiger partial charge in [0, 0.05) is 39.6 Å². The molecule has 26 heavy (non-hydrogen) atoms. The third-order valence-electron chi connectivity index (χ3n) is 4.32. The molecule has 10 heteroatoms. The second kappa shape index (κ2) is 8.36. The first-order chi connectivity index (χ1) is 12.1. The van der Waals surface area contributed by atoms with Crippen LogP contribution in [0.3, 0.4) is 0 Å². The molecule has 3 rings (SSSR count). The Bertz CT molecular complexity index is 622. The minimum atomic E-state index is -5.08. The number of alkyl halides is 3. The maximum atomic E-state index is 12.0. The van der Waals surface area contributed by atoms with Crippen LogP contribution in [-0.4, -0.2) is 71.8 Å². The Kier molecular flexibility index (Phi) is 6.64. The van der Waals surface area contributed by atoms with Crippen molar-refractivity contribution in [2.45, 2.75) is 43.8 Å². The molecule has 0 spiro atoms. The molecule has 1 aromatic rings. The average Bonchev–Trinajstić information content (AvgIpc) is 3.25. The molecule has 146 valence electrons. The highest BCUT2D eigenvalue weighted by molar-refractivity contribution is 7.07. The number of carboxylic acid groups (broad SMARTS) is 1. The van der Waals surface area contributed by atoms with Crippen LogP contribution in [0, 0.1) is 0 Å². The first-order valence-electron chi connectivity index (χ1n) is 8.01. The maximum absolute atomic E-state index is 12.0. The van der Waals surface area contributed by atoms with Gasteiger partial charge >= 0.3 is 12.1 Å². The number of amides is 1. The van der Waals surface area contributed by atoms with E-state index in [0.29, 0.717) is 6.04 Å². The normalized spacial score (nSPS) is 25.3. The molecule has 3 heterocycles. The molecule has 0 aliphatic carbocycles. The van der Waals surface area contributed by atoms with Crippen molar-refractivity contribution in [2.75, 3.05) is 20.6 Å². The number of aliphatic carboxylic acids is 1. The van der Waals surface area contributed by atoms with E-state index >= 15 is 0 Å². The van der Waals surface area contributed by atoms with Crippen LogP contribution in [0.15, 0.2) is 16.8 Å². The summed E-state index contributed by atoms with van der Waals surface area (Å²) in [5, 5.41) is 11.4. The van der Waals surface area contributed by atoms with Gasteiger partial charge in [-0.15, -0.1) is 0 Å². The molecular formula is C16H21F3N2O4S. The minimum absolute atomic E-state index is 0.102. The lowest BCUT2D eigenvalue weighted by molar-refractivity contribution is -0.192. The van der Waals surface area contributed by atoms with E-state index in [9.17, 15) is 18.0 Å². The number of carbonyl (C=O) groups is 2. The molecule has 2 saturated heterocycles. The van der Waals surface area contributed by atoms with Gasteiger partial charge in [0.25, 0.3) is 5.91 Å². The summed E-state index contributed by atoms with van der Waals surface area (Å²) in [4.78, 5) is 25.0. The number of ether oxygens (including phenoxy) is 1. The van der Waals surface area contributed by atoms with Crippen LogP contribution in [0.5, 0.6) is 0 Å². The number of hydrogen-bond acceptors (Lipinski definition) is 5. The topological polar surface area (TPSA) is 70.1 Å². The number of likely N-dealkylation sites (tertiary alicyclic amines) is 1. The van der Waals surface area contributed by atoms with E-state index in [1.807, 2.05) is 0 Å². The molecule has 0 bridgehead atoms. The summed E-state index contributed by atoms with van der Waals surface area (Å²) < 4.78 is 37.7. The van der Waals surface area contributed by atoms with Crippen LogP contribution in [0.2, 0.25) is 0 Å². The van der Waals surface area contributed by atoms with Gasteiger partial charge in [0.05, 0.1) is 6.10 Å². The Morgan fingerprint density at radius 2 is 2.08 bits per heavy atom. The molecule has 2 fully saturated rings. The van der Waals surface area contributed by atoms with E-state index in [0.717, 1.165) is 25.9 Å². The third-order valence-corrected chi connectivity index (χ3v) is 5.05. The first kappa shape index (κ1) is 20.7. The summed E-state index contributed by atoms with van der Waals surface area (Å²) in [6.45, 7) is 2.06. The Hall–Kier alpha value is -1.65. The Morgan fingerprint density at radius 3 is 2.58 bits per heavy atom. The smallest absolute Gasteiger partial charge is 0.475 e. The van der Waals surface area contributed by atoms with Crippen LogP contribution in [-0.2, 0) is 20.9 Å². The number of fused-ring (bicyclic) bond motifs is 1. The molecular weight excluding hydrogens is 373 g/mol. The van der Waals surface area contributed by atoms with Crippen molar-refractivity contribution in [3.8, 4) is 0 Å². The highest BCUT2D eigenvalue weighted by Gasteiger charge is 2.45. The van der Waals surface area contributed by atoms with Crippen LogP contribution in [0.25, 0.3) is 0 Å². The lowest BCUT2D eigenvalue weighted by Gasteiger charge is -2.22. The fraction of sp³-hybridized carbons (Fsp3) is 0.625. The average molecular weight is 394 g/mol. The lowest BCUT2D eigenvalue weighted by atomic mass is 10.1. The van der Waals surface area contributed by atoms with Crippen LogP contribution >= 0.6 is 11.3 Å². The van der Waals surface area contributed by atoms with E-state index in [1.54, 1.807) is 30.3 Å². The van der Waals surface area contributed by atoms with Gasteiger partial charge < -0.3 is 14.7 Å². The number of hydrogen-bond donors (Lipinski definition) is 1. The summed E-state index contributed by atoms with van der Waals surface area (Å²) in [5.74, 6) is -2.66.